The minimum Gasteiger partial charge on any atom is -0.367 e. The van der Waals surface area contributed by atoms with Crippen LogP contribution < -0.4 is 5.73 Å². The van der Waals surface area contributed by atoms with E-state index in [0.717, 1.165) is 25.1 Å². The minimum absolute atomic E-state index is 0.216. The second-order valence-electron chi connectivity index (χ2n) is 5.42. The summed E-state index contributed by atoms with van der Waals surface area (Å²) in [6.45, 7) is 5.41. The molecule has 19 heavy (non-hydrogen) atoms. The number of rotatable bonds is 6. The molecule has 0 spiro atoms. The maximum Gasteiger partial charge on any atom is 0.229 e. The molecular formula is C14H25N3O2. The molecule has 0 aromatic carbocycles. The third-order valence-corrected chi connectivity index (χ3v) is 3.95. The molecule has 1 aliphatic rings. The standard InChI is InChI=1S/C14H25N3O2/c1-3-18-14(8-5-4-6-9-14)13-16-12(19-17-13)11(2)7-10-15/h11H,3-10,15H2,1-2H3. The first-order chi connectivity index (χ1) is 9.22. The summed E-state index contributed by atoms with van der Waals surface area (Å²) in [5, 5.41) is 4.18. The Kier molecular flexibility index (Phi) is 4.93. The van der Waals surface area contributed by atoms with Crippen molar-refractivity contribution in [2.75, 3.05) is 13.2 Å². The molecule has 2 rings (SSSR count). The summed E-state index contributed by atoms with van der Waals surface area (Å²) in [6.07, 6.45) is 6.45. The predicted molar refractivity (Wildman–Crippen MR) is 72.8 cm³/mol. The van der Waals surface area contributed by atoms with E-state index in [1.165, 1.54) is 19.3 Å². The van der Waals surface area contributed by atoms with Crippen molar-refractivity contribution >= 4 is 0 Å². The van der Waals surface area contributed by atoms with Crippen LogP contribution in [0, 0.1) is 0 Å². The molecule has 1 atom stereocenters. The van der Waals surface area contributed by atoms with E-state index >= 15 is 0 Å². The van der Waals surface area contributed by atoms with Crippen LogP contribution in [0.25, 0.3) is 0 Å². The molecule has 108 valence electrons. The number of nitrogens with two attached hydrogens (primary N) is 1. The van der Waals surface area contributed by atoms with E-state index in [1.807, 2.05) is 6.92 Å². The summed E-state index contributed by atoms with van der Waals surface area (Å²) in [4.78, 5) is 4.58. The average Bonchev–Trinajstić information content (AvgIpc) is 2.91. The third-order valence-electron chi connectivity index (χ3n) is 3.95. The molecule has 1 fully saturated rings. The van der Waals surface area contributed by atoms with Crippen LogP contribution in [-0.4, -0.2) is 23.3 Å². The Morgan fingerprint density at radius 3 is 2.74 bits per heavy atom. The second-order valence-corrected chi connectivity index (χ2v) is 5.42. The fourth-order valence-corrected chi connectivity index (χ4v) is 2.83. The maximum atomic E-state index is 6.00. The lowest BCUT2D eigenvalue weighted by atomic mass is 9.84. The van der Waals surface area contributed by atoms with Gasteiger partial charge in [0.05, 0.1) is 0 Å². The maximum absolute atomic E-state index is 6.00. The molecule has 1 heterocycles. The van der Waals surface area contributed by atoms with Crippen molar-refractivity contribution in [2.24, 2.45) is 5.73 Å². The lowest BCUT2D eigenvalue weighted by molar-refractivity contribution is -0.0777. The number of ether oxygens (including phenoxy) is 1. The van der Waals surface area contributed by atoms with Crippen LogP contribution in [0.15, 0.2) is 4.52 Å². The topological polar surface area (TPSA) is 74.2 Å². The highest BCUT2D eigenvalue weighted by atomic mass is 16.5. The van der Waals surface area contributed by atoms with Gasteiger partial charge in [-0.2, -0.15) is 4.98 Å². The molecule has 2 N–H and O–H groups in total. The Morgan fingerprint density at radius 2 is 2.11 bits per heavy atom. The summed E-state index contributed by atoms with van der Waals surface area (Å²) in [7, 11) is 0. The zero-order valence-corrected chi connectivity index (χ0v) is 12.0. The monoisotopic (exact) mass is 267 g/mol. The van der Waals surface area contributed by atoms with E-state index in [2.05, 4.69) is 17.1 Å². The van der Waals surface area contributed by atoms with E-state index in [9.17, 15) is 0 Å². The van der Waals surface area contributed by atoms with Gasteiger partial charge in [-0.15, -0.1) is 0 Å². The summed E-state index contributed by atoms with van der Waals surface area (Å²) >= 11 is 0. The van der Waals surface area contributed by atoms with Crippen molar-refractivity contribution in [1.82, 2.24) is 10.1 Å². The molecule has 0 saturated heterocycles. The van der Waals surface area contributed by atoms with E-state index < -0.39 is 0 Å². The molecule has 5 nitrogen and oxygen atoms in total. The number of hydrogen-bond acceptors (Lipinski definition) is 5. The Bertz CT molecular complexity index is 380. The van der Waals surface area contributed by atoms with Gasteiger partial charge in [-0.05, 0) is 32.7 Å². The van der Waals surface area contributed by atoms with Crippen molar-refractivity contribution in [2.45, 2.75) is 63.9 Å². The molecule has 0 bridgehead atoms. The van der Waals surface area contributed by atoms with Crippen LogP contribution in [0.5, 0.6) is 0 Å². The van der Waals surface area contributed by atoms with E-state index in [0.29, 0.717) is 19.0 Å². The van der Waals surface area contributed by atoms with Crippen LogP contribution in [0.1, 0.15) is 70.0 Å². The predicted octanol–water partition coefficient (Wildman–Crippen LogP) is 2.72. The summed E-state index contributed by atoms with van der Waals surface area (Å²) in [6, 6.07) is 0. The van der Waals surface area contributed by atoms with Crippen molar-refractivity contribution in [3.05, 3.63) is 11.7 Å². The Balaban J connectivity index is 2.18. The molecule has 0 radical (unpaired) electrons. The van der Waals surface area contributed by atoms with Gasteiger partial charge in [-0.25, -0.2) is 0 Å². The molecule has 1 unspecified atom stereocenters. The smallest absolute Gasteiger partial charge is 0.229 e. The normalized spacial score (nSPS) is 20.4. The lowest BCUT2D eigenvalue weighted by Crippen LogP contribution is -2.33. The van der Waals surface area contributed by atoms with Crippen LogP contribution in [0.2, 0.25) is 0 Å². The van der Waals surface area contributed by atoms with Gasteiger partial charge >= 0.3 is 0 Å². The van der Waals surface area contributed by atoms with Gasteiger partial charge in [-0.1, -0.05) is 31.3 Å². The summed E-state index contributed by atoms with van der Waals surface area (Å²) in [5.41, 5.74) is 5.25. The van der Waals surface area contributed by atoms with E-state index in [-0.39, 0.29) is 11.5 Å². The van der Waals surface area contributed by atoms with Crippen molar-refractivity contribution in [3.63, 3.8) is 0 Å². The SMILES string of the molecule is CCOC1(c2noc(C(C)CCN)n2)CCCCC1. The first kappa shape index (κ1) is 14.5. The molecule has 5 heteroatoms. The average molecular weight is 267 g/mol. The van der Waals surface area contributed by atoms with Crippen LogP contribution in [0.4, 0.5) is 0 Å². The van der Waals surface area contributed by atoms with Gasteiger partial charge < -0.3 is 15.0 Å². The molecule has 1 saturated carbocycles. The van der Waals surface area contributed by atoms with Gasteiger partial charge in [0.2, 0.25) is 11.7 Å². The highest BCUT2D eigenvalue weighted by Crippen LogP contribution is 2.39. The number of nitrogens with zero attached hydrogens (tertiary/aromatic N) is 2. The quantitative estimate of drug-likeness (QED) is 0.857. The molecular weight excluding hydrogens is 242 g/mol. The zero-order chi connectivity index (χ0) is 13.7. The molecule has 0 aliphatic heterocycles. The van der Waals surface area contributed by atoms with E-state index in [4.69, 9.17) is 15.0 Å². The summed E-state index contributed by atoms with van der Waals surface area (Å²) in [5.74, 6) is 1.63. The fraction of sp³-hybridized carbons (Fsp3) is 0.857. The van der Waals surface area contributed by atoms with Crippen molar-refractivity contribution in [1.29, 1.82) is 0 Å². The number of aromatic nitrogens is 2. The Morgan fingerprint density at radius 1 is 1.37 bits per heavy atom. The van der Waals surface area contributed by atoms with Crippen LogP contribution in [0.3, 0.4) is 0 Å². The molecule has 1 aliphatic carbocycles. The second kappa shape index (κ2) is 6.48. The van der Waals surface area contributed by atoms with Crippen LogP contribution in [-0.2, 0) is 10.3 Å². The molecule has 0 amide bonds. The van der Waals surface area contributed by atoms with Crippen LogP contribution >= 0.6 is 0 Å². The molecule has 1 aromatic heterocycles. The highest BCUT2D eigenvalue weighted by Gasteiger charge is 2.39. The highest BCUT2D eigenvalue weighted by molar-refractivity contribution is 5.05. The van der Waals surface area contributed by atoms with E-state index in [1.54, 1.807) is 0 Å². The first-order valence-corrected chi connectivity index (χ1v) is 7.40. The van der Waals surface area contributed by atoms with Gasteiger partial charge in [0.15, 0.2) is 0 Å². The lowest BCUT2D eigenvalue weighted by Gasteiger charge is -2.33. The Hall–Kier alpha value is -0.940. The third kappa shape index (κ3) is 3.15. The number of hydrogen-bond donors (Lipinski definition) is 1. The largest absolute Gasteiger partial charge is 0.367 e. The van der Waals surface area contributed by atoms with Gasteiger partial charge in [0.1, 0.15) is 5.60 Å². The summed E-state index contributed by atoms with van der Waals surface area (Å²) < 4.78 is 11.4. The fourth-order valence-electron chi connectivity index (χ4n) is 2.83. The van der Waals surface area contributed by atoms with Gasteiger partial charge in [0.25, 0.3) is 0 Å². The van der Waals surface area contributed by atoms with Crippen molar-refractivity contribution < 1.29 is 9.26 Å². The minimum atomic E-state index is -0.322. The zero-order valence-electron chi connectivity index (χ0n) is 12.0. The first-order valence-electron chi connectivity index (χ1n) is 7.40. The van der Waals surface area contributed by atoms with Crippen molar-refractivity contribution in [3.8, 4) is 0 Å². The molecule has 1 aromatic rings. The Labute approximate surface area is 114 Å². The van der Waals surface area contributed by atoms with Gasteiger partial charge in [0, 0.05) is 12.5 Å². The van der Waals surface area contributed by atoms with Gasteiger partial charge in [-0.3, -0.25) is 0 Å².